The quantitative estimate of drug-likeness (QED) is 0.764. The van der Waals surface area contributed by atoms with E-state index in [1.807, 2.05) is 12.1 Å². The second kappa shape index (κ2) is 10.2. The Hall–Kier alpha value is -3.28. The Morgan fingerprint density at radius 3 is 2.26 bits per heavy atom. The molecule has 162 valence electrons. The van der Waals surface area contributed by atoms with E-state index < -0.39 is 0 Å². The van der Waals surface area contributed by atoms with E-state index >= 15 is 0 Å². The maximum Gasteiger partial charge on any atom is 0.262 e. The number of nitrogens with one attached hydrogen (secondary N) is 1. The third kappa shape index (κ3) is 5.45. The van der Waals surface area contributed by atoms with Gasteiger partial charge in [0.2, 0.25) is 0 Å². The van der Waals surface area contributed by atoms with E-state index in [0.717, 1.165) is 56.5 Å². The van der Waals surface area contributed by atoms with E-state index in [-0.39, 0.29) is 12.5 Å². The average Bonchev–Trinajstić information content (AvgIpc) is 2.84. The van der Waals surface area contributed by atoms with Crippen LogP contribution in [0, 0.1) is 11.3 Å². The Morgan fingerprint density at radius 1 is 0.968 bits per heavy atom. The van der Waals surface area contributed by atoms with Crippen molar-refractivity contribution in [1.29, 1.82) is 5.26 Å². The Kier molecular flexibility index (Phi) is 6.87. The smallest absolute Gasteiger partial charge is 0.262 e. The Morgan fingerprint density at radius 2 is 1.61 bits per heavy atom. The van der Waals surface area contributed by atoms with Crippen LogP contribution in [0.3, 0.4) is 0 Å². The summed E-state index contributed by atoms with van der Waals surface area (Å²) in [5, 5.41) is 11.9. The van der Waals surface area contributed by atoms with E-state index in [4.69, 9.17) is 19.5 Å². The summed E-state index contributed by atoms with van der Waals surface area (Å²) in [6.07, 6.45) is 0. The first-order valence-corrected chi connectivity index (χ1v) is 10.5. The third-order valence-electron chi connectivity index (χ3n) is 5.34. The Labute approximate surface area is 181 Å². The summed E-state index contributed by atoms with van der Waals surface area (Å²) in [6.45, 7) is 5.91. The highest BCUT2D eigenvalue weighted by Crippen LogP contribution is 2.32. The van der Waals surface area contributed by atoms with Gasteiger partial charge in [0.15, 0.2) is 6.61 Å². The monoisotopic (exact) mass is 422 g/mol. The van der Waals surface area contributed by atoms with E-state index in [2.05, 4.69) is 27.3 Å². The molecule has 0 unspecified atom stereocenters. The zero-order chi connectivity index (χ0) is 21.5. The van der Waals surface area contributed by atoms with Crippen LogP contribution in [-0.2, 0) is 14.3 Å². The van der Waals surface area contributed by atoms with Gasteiger partial charge in [-0.25, -0.2) is 0 Å². The van der Waals surface area contributed by atoms with Crippen LogP contribution >= 0.6 is 0 Å². The molecule has 1 amide bonds. The molecular formula is C23H26N4O4. The molecule has 0 atom stereocenters. The predicted molar refractivity (Wildman–Crippen MR) is 118 cm³/mol. The lowest BCUT2D eigenvalue weighted by Gasteiger charge is -2.33. The van der Waals surface area contributed by atoms with Crippen molar-refractivity contribution in [3.05, 3.63) is 48.0 Å². The molecule has 0 bridgehead atoms. The summed E-state index contributed by atoms with van der Waals surface area (Å²) in [5.41, 5.74) is 3.41. The maximum absolute atomic E-state index is 12.6. The van der Waals surface area contributed by atoms with Crippen molar-refractivity contribution in [3.8, 4) is 11.8 Å². The number of amides is 1. The number of hydrogen-bond acceptors (Lipinski definition) is 7. The van der Waals surface area contributed by atoms with Crippen LogP contribution in [0.4, 0.5) is 17.1 Å². The minimum Gasteiger partial charge on any atom is -0.484 e. The summed E-state index contributed by atoms with van der Waals surface area (Å²) in [7, 11) is 0. The molecule has 0 aliphatic carbocycles. The highest BCUT2D eigenvalue weighted by Gasteiger charge is 2.19. The largest absolute Gasteiger partial charge is 0.484 e. The number of nitrogens with zero attached hydrogens (tertiary/aromatic N) is 3. The molecule has 0 aromatic heterocycles. The van der Waals surface area contributed by atoms with Gasteiger partial charge in [-0.15, -0.1) is 0 Å². The maximum atomic E-state index is 12.6. The van der Waals surface area contributed by atoms with Gasteiger partial charge in [-0.05, 0) is 42.5 Å². The van der Waals surface area contributed by atoms with Crippen LogP contribution in [0.2, 0.25) is 0 Å². The van der Waals surface area contributed by atoms with Gasteiger partial charge < -0.3 is 29.3 Å². The fraction of sp³-hybridized carbons (Fsp3) is 0.391. The second-order valence-electron chi connectivity index (χ2n) is 7.37. The van der Waals surface area contributed by atoms with Gasteiger partial charge in [-0.1, -0.05) is 0 Å². The van der Waals surface area contributed by atoms with Crippen LogP contribution in [0.25, 0.3) is 0 Å². The summed E-state index contributed by atoms with van der Waals surface area (Å²) in [4.78, 5) is 17.1. The first-order chi connectivity index (χ1) is 15.2. The zero-order valence-corrected chi connectivity index (χ0v) is 17.4. The van der Waals surface area contributed by atoms with Crippen molar-refractivity contribution in [2.24, 2.45) is 0 Å². The molecule has 2 heterocycles. The fourth-order valence-electron chi connectivity index (χ4n) is 3.67. The van der Waals surface area contributed by atoms with Gasteiger partial charge in [0.1, 0.15) is 5.75 Å². The van der Waals surface area contributed by atoms with Crippen LogP contribution < -0.4 is 19.9 Å². The number of anilines is 3. The molecule has 31 heavy (non-hydrogen) atoms. The van der Waals surface area contributed by atoms with E-state index in [1.54, 1.807) is 24.3 Å². The minimum absolute atomic E-state index is 0.111. The molecule has 2 aromatic rings. The topological polar surface area (TPSA) is 87.1 Å². The summed E-state index contributed by atoms with van der Waals surface area (Å²) in [6, 6.07) is 14.9. The number of benzene rings is 2. The van der Waals surface area contributed by atoms with Gasteiger partial charge in [0.25, 0.3) is 5.91 Å². The SMILES string of the molecule is N#Cc1ccc(OCC(=O)Nc2ccc(N3CCOCC3)cc2N2CCOCC2)cc1. The Balaban J connectivity index is 1.46. The lowest BCUT2D eigenvalue weighted by atomic mass is 10.1. The van der Waals surface area contributed by atoms with Crippen LogP contribution in [0.5, 0.6) is 5.75 Å². The van der Waals surface area contributed by atoms with Crippen molar-refractivity contribution in [2.45, 2.75) is 0 Å². The molecule has 2 fully saturated rings. The molecule has 2 aliphatic rings. The molecule has 2 aliphatic heterocycles. The molecule has 0 saturated carbocycles. The molecule has 4 rings (SSSR count). The van der Waals surface area contributed by atoms with Crippen molar-refractivity contribution >= 4 is 23.0 Å². The molecular weight excluding hydrogens is 396 g/mol. The number of carbonyl (C=O) groups is 1. The minimum atomic E-state index is -0.238. The van der Waals surface area contributed by atoms with Gasteiger partial charge >= 0.3 is 0 Å². The molecule has 8 nitrogen and oxygen atoms in total. The van der Waals surface area contributed by atoms with Crippen molar-refractivity contribution < 1.29 is 19.0 Å². The normalized spacial score (nSPS) is 16.5. The second-order valence-corrected chi connectivity index (χ2v) is 7.37. The molecule has 2 saturated heterocycles. The molecule has 0 radical (unpaired) electrons. The first-order valence-electron chi connectivity index (χ1n) is 10.5. The van der Waals surface area contributed by atoms with Gasteiger partial charge in [-0.2, -0.15) is 5.26 Å². The number of morpholine rings is 2. The van der Waals surface area contributed by atoms with Gasteiger partial charge in [0.05, 0.1) is 49.4 Å². The van der Waals surface area contributed by atoms with Crippen LogP contribution in [0.15, 0.2) is 42.5 Å². The zero-order valence-electron chi connectivity index (χ0n) is 17.4. The summed E-state index contributed by atoms with van der Waals surface area (Å²) < 4.78 is 16.5. The highest BCUT2D eigenvalue weighted by atomic mass is 16.5. The number of carbonyl (C=O) groups excluding carboxylic acids is 1. The lowest BCUT2D eigenvalue weighted by molar-refractivity contribution is -0.118. The van der Waals surface area contributed by atoms with Gasteiger partial charge in [-0.3, -0.25) is 4.79 Å². The molecule has 0 spiro atoms. The fourth-order valence-corrected chi connectivity index (χ4v) is 3.67. The number of ether oxygens (including phenoxy) is 3. The Bertz CT molecular complexity index is 930. The third-order valence-corrected chi connectivity index (χ3v) is 5.34. The number of rotatable bonds is 6. The van der Waals surface area contributed by atoms with Gasteiger partial charge in [0, 0.05) is 31.9 Å². The van der Waals surface area contributed by atoms with Crippen molar-refractivity contribution in [2.75, 3.05) is 74.3 Å². The van der Waals surface area contributed by atoms with Crippen LogP contribution in [0.1, 0.15) is 5.56 Å². The number of nitriles is 1. The molecule has 8 heteroatoms. The lowest BCUT2D eigenvalue weighted by Crippen LogP contribution is -2.38. The molecule has 2 aromatic carbocycles. The molecule has 1 N–H and O–H groups in total. The number of hydrogen-bond donors (Lipinski definition) is 1. The predicted octanol–water partition coefficient (Wildman–Crippen LogP) is 2.25. The summed E-state index contributed by atoms with van der Waals surface area (Å²) >= 11 is 0. The van der Waals surface area contributed by atoms with E-state index in [9.17, 15) is 4.79 Å². The highest BCUT2D eigenvalue weighted by molar-refractivity contribution is 5.96. The van der Waals surface area contributed by atoms with Crippen molar-refractivity contribution in [3.63, 3.8) is 0 Å². The summed E-state index contributed by atoms with van der Waals surface area (Å²) in [5.74, 6) is 0.309. The van der Waals surface area contributed by atoms with Crippen molar-refractivity contribution in [1.82, 2.24) is 0 Å². The van der Waals surface area contributed by atoms with Crippen LogP contribution in [-0.4, -0.2) is 65.1 Å². The standard InChI is InChI=1S/C23H26N4O4/c24-16-18-1-4-20(5-2-18)31-17-23(28)25-21-6-3-19(26-7-11-29-12-8-26)15-22(21)27-9-13-30-14-10-27/h1-6,15H,7-14,17H2,(H,25,28). The average molecular weight is 422 g/mol. The van der Waals surface area contributed by atoms with E-state index in [0.29, 0.717) is 24.5 Å². The van der Waals surface area contributed by atoms with E-state index in [1.165, 1.54) is 0 Å². The first kappa shape index (κ1) is 21.0.